The lowest BCUT2D eigenvalue weighted by Gasteiger charge is -2.15. The highest BCUT2D eigenvalue weighted by atomic mass is 32.1. The van der Waals surface area contributed by atoms with Gasteiger partial charge in [0.05, 0.1) is 28.0 Å². The summed E-state index contributed by atoms with van der Waals surface area (Å²) < 4.78 is 6.05. The highest BCUT2D eigenvalue weighted by molar-refractivity contribution is 7.15. The van der Waals surface area contributed by atoms with Gasteiger partial charge in [-0.1, -0.05) is 6.07 Å². The molecule has 190 valence electrons. The van der Waals surface area contributed by atoms with E-state index in [-0.39, 0.29) is 0 Å². The number of nitrogens with one attached hydrogen (secondary N) is 2. The van der Waals surface area contributed by atoms with E-state index in [0.717, 1.165) is 62.3 Å². The number of hydrogen-bond acceptors (Lipinski definition) is 6. The highest BCUT2D eigenvalue weighted by Crippen LogP contribution is 2.36. The molecule has 1 saturated heterocycles. The van der Waals surface area contributed by atoms with Crippen LogP contribution in [-0.4, -0.2) is 56.3 Å². The molecule has 6 aromatic rings. The Bertz CT molecular complexity index is 1740. The Morgan fingerprint density at radius 1 is 0.921 bits per heavy atom. The average Bonchev–Trinajstić information content (AvgIpc) is 3.74. The van der Waals surface area contributed by atoms with Crippen LogP contribution >= 0.6 is 11.3 Å². The van der Waals surface area contributed by atoms with Gasteiger partial charge in [-0.25, -0.2) is 0 Å². The number of pyridine rings is 2. The Morgan fingerprint density at radius 3 is 2.68 bits per heavy atom. The van der Waals surface area contributed by atoms with E-state index in [9.17, 15) is 0 Å². The maximum atomic E-state index is 6.05. The Labute approximate surface area is 224 Å². The zero-order chi connectivity index (χ0) is 25.5. The van der Waals surface area contributed by atoms with E-state index >= 15 is 0 Å². The fraction of sp³-hybridized carbons (Fsp3) is 0.233. The van der Waals surface area contributed by atoms with E-state index in [1.807, 2.05) is 18.5 Å². The van der Waals surface area contributed by atoms with Gasteiger partial charge in [-0.05, 0) is 80.9 Å². The zero-order valence-corrected chi connectivity index (χ0v) is 22.0. The third-order valence-electron chi connectivity index (χ3n) is 7.26. The van der Waals surface area contributed by atoms with Crippen molar-refractivity contribution in [3.63, 3.8) is 0 Å². The predicted octanol–water partition coefficient (Wildman–Crippen LogP) is 6.68. The molecule has 1 aliphatic rings. The van der Waals surface area contributed by atoms with Crippen LogP contribution in [0.1, 0.15) is 17.7 Å². The first-order valence-corrected chi connectivity index (χ1v) is 13.9. The lowest BCUT2D eigenvalue weighted by molar-refractivity contribution is 0.237. The number of thiophene rings is 1. The van der Waals surface area contributed by atoms with Gasteiger partial charge in [0.25, 0.3) is 0 Å². The second kappa shape index (κ2) is 9.70. The molecule has 6 heterocycles. The third-order valence-corrected chi connectivity index (χ3v) is 8.27. The summed E-state index contributed by atoms with van der Waals surface area (Å²) in [5.74, 6) is 0.800. The van der Waals surface area contributed by atoms with Crippen LogP contribution in [0.2, 0.25) is 0 Å². The number of benzene rings is 1. The van der Waals surface area contributed by atoms with Crippen LogP contribution in [0.4, 0.5) is 0 Å². The first-order valence-electron chi connectivity index (χ1n) is 13.0. The number of aromatic amines is 2. The van der Waals surface area contributed by atoms with Crippen LogP contribution in [0.3, 0.4) is 0 Å². The number of hydrogen-bond donors (Lipinski definition) is 2. The number of fused-ring (bicyclic) bond motifs is 2. The van der Waals surface area contributed by atoms with Crippen molar-refractivity contribution in [2.75, 3.05) is 26.2 Å². The van der Waals surface area contributed by atoms with Crippen molar-refractivity contribution in [1.29, 1.82) is 0 Å². The molecule has 0 bridgehead atoms. The molecule has 5 aromatic heterocycles. The monoisotopic (exact) mass is 520 g/mol. The van der Waals surface area contributed by atoms with Crippen LogP contribution in [-0.2, 0) is 0 Å². The van der Waals surface area contributed by atoms with Crippen molar-refractivity contribution < 1.29 is 4.74 Å². The van der Waals surface area contributed by atoms with Gasteiger partial charge < -0.3 is 9.72 Å². The van der Waals surface area contributed by atoms with Gasteiger partial charge in [0.15, 0.2) is 0 Å². The zero-order valence-electron chi connectivity index (χ0n) is 21.2. The molecular formula is C30H28N6OS. The van der Waals surface area contributed by atoms with Crippen LogP contribution in [0.15, 0.2) is 67.1 Å². The predicted molar refractivity (Wildman–Crippen MR) is 154 cm³/mol. The van der Waals surface area contributed by atoms with Crippen LogP contribution in [0.25, 0.3) is 54.9 Å². The van der Waals surface area contributed by atoms with E-state index in [2.05, 4.69) is 74.5 Å². The Hall–Kier alpha value is -4.01. The van der Waals surface area contributed by atoms with E-state index in [1.165, 1.54) is 35.7 Å². The number of ether oxygens (including phenoxy) is 1. The van der Waals surface area contributed by atoms with Crippen molar-refractivity contribution in [2.24, 2.45) is 0 Å². The molecule has 0 spiro atoms. The second-order valence-electron chi connectivity index (χ2n) is 9.85. The molecule has 0 radical (unpaired) electrons. The highest BCUT2D eigenvalue weighted by Gasteiger charge is 2.16. The summed E-state index contributed by atoms with van der Waals surface area (Å²) in [5, 5.41) is 10.0. The molecule has 0 atom stereocenters. The smallest absolute Gasteiger partial charge is 0.138 e. The lowest BCUT2D eigenvalue weighted by Crippen LogP contribution is -2.25. The SMILES string of the molecule is Cc1ccc(-c2nccc3[nH]c(-c4n[nH]c5ccc(-c6cncc(OCCN7CCCC7)c6)cc45)cc23)s1. The van der Waals surface area contributed by atoms with E-state index in [1.54, 1.807) is 17.5 Å². The van der Waals surface area contributed by atoms with E-state index in [4.69, 9.17) is 9.72 Å². The maximum absolute atomic E-state index is 6.05. The summed E-state index contributed by atoms with van der Waals surface area (Å²) in [6.07, 6.45) is 8.13. The van der Waals surface area contributed by atoms with Crippen molar-refractivity contribution >= 4 is 33.1 Å². The van der Waals surface area contributed by atoms with Crippen molar-refractivity contribution in [1.82, 2.24) is 30.0 Å². The lowest BCUT2D eigenvalue weighted by atomic mass is 10.0. The molecule has 38 heavy (non-hydrogen) atoms. The Balaban J connectivity index is 1.20. The van der Waals surface area contributed by atoms with Crippen molar-refractivity contribution in [3.05, 3.63) is 72.0 Å². The number of rotatable bonds is 7. The molecular weight excluding hydrogens is 492 g/mol. The average molecular weight is 521 g/mol. The fourth-order valence-electron chi connectivity index (χ4n) is 5.29. The number of aryl methyl sites for hydroxylation is 1. The van der Waals surface area contributed by atoms with E-state index in [0.29, 0.717) is 6.61 Å². The summed E-state index contributed by atoms with van der Waals surface area (Å²) >= 11 is 1.76. The normalized spacial score (nSPS) is 14.1. The minimum atomic E-state index is 0.679. The second-order valence-corrected chi connectivity index (χ2v) is 11.1. The summed E-state index contributed by atoms with van der Waals surface area (Å²) in [7, 11) is 0. The molecule has 0 unspecified atom stereocenters. The molecule has 8 heteroatoms. The topological polar surface area (TPSA) is 82.7 Å². The molecule has 1 aromatic carbocycles. The van der Waals surface area contributed by atoms with Gasteiger partial charge in [0, 0.05) is 45.7 Å². The maximum Gasteiger partial charge on any atom is 0.138 e. The first kappa shape index (κ1) is 23.1. The molecule has 1 fully saturated rings. The molecule has 0 saturated carbocycles. The number of likely N-dealkylation sites (tertiary alicyclic amines) is 1. The van der Waals surface area contributed by atoms with Crippen LogP contribution in [0.5, 0.6) is 5.75 Å². The van der Waals surface area contributed by atoms with Gasteiger partial charge in [0.2, 0.25) is 0 Å². The van der Waals surface area contributed by atoms with Crippen molar-refractivity contribution in [3.8, 4) is 38.8 Å². The molecule has 7 rings (SSSR count). The largest absolute Gasteiger partial charge is 0.491 e. The molecule has 0 amide bonds. The third kappa shape index (κ3) is 4.36. The number of aromatic nitrogens is 5. The van der Waals surface area contributed by atoms with Crippen LogP contribution in [0, 0.1) is 6.92 Å². The number of H-pyrrole nitrogens is 2. The number of nitrogens with zero attached hydrogens (tertiary/aromatic N) is 4. The van der Waals surface area contributed by atoms with Gasteiger partial charge in [-0.3, -0.25) is 20.0 Å². The Morgan fingerprint density at radius 2 is 1.82 bits per heavy atom. The molecule has 0 aliphatic carbocycles. The Kier molecular flexibility index (Phi) is 5.91. The summed E-state index contributed by atoms with van der Waals surface area (Å²) in [4.78, 5) is 17.6. The van der Waals surface area contributed by atoms with Gasteiger partial charge >= 0.3 is 0 Å². The van der Waals surface area contributed by atoms with E-state index < -0.39 is 0 Å². The van der Waals surface area contributed by atoms with Crippen molar-refractivity contribution in [2.45, 2.75) is 19.8 Å². The minimum absolute atomic E-state index is 0.679. The molecule has 7 nitrogen and oxygen atoms in total. The van der Waals surface area contributed by atoms with Gasteiger partial charge in [0.1, 0.15) is 18.1 Å². The minimum Gasteiger partial charge on any atom is -0.491 e. The molecule has 2 N–H and O–H groups in total. The summed E-state index contributed by atoms with van der Waals surface area (Å²) in [5.41, 5.74) is 6.97. The standard InChI is InChI=1S/C30H28N6OS/c1-19-4-7-28(38-19)30-24-16-27(33-25(24)8-9-32-30)29-23-15-20(5-6-26(23)34-35-29)21-14-22(18-31-17-21)37-13-12-36-10-2-3-11-36/h4-9,14-18,33H,2-3,10-13H2,1H3,(H,34,35). The van der Waals surface area contributed by atoms with Gasteiger partial charge in [-0.15, -0.1) is 11.3 Å². The fourth-order valence-corrected chi connectivity index (χ4v) is 6.17. The summed E-state index contributed by atoms with van der Waals surface area (Å²) in [6.45, 7) is 6.12. The quantitative estimate of drug-likeness (QED) is 0.245. The first-order chi connectivity index (χ1) is 18.7. The summed E-state index contributed by atoms with van der Waals surface area (Å²) in [6, 6.07) is 16.9. The molecule has 1 aliphatic heterocycles. The van der Waals surface area contributed by atoms with Gasteiger partial charge in [-0.2, -0.15) is 5.10 Å². The van der Waals surface area contributed by atoms with Crippen LogP contribution < -0.4 is 4.74 Å².